The first-order valence-corrected chi connectivity index (χ1v) is 11.7. The predicted octanol–water partition coefficient (Wildman–Crippen LogP) is 2.69. The molecule has 0 aliphatic carbocycles. The third-order valence-corrected chi connectivity index (χ3v) is 6.94. The van der Waals surface area contributed by atoms with Gasteiger partial charge in [-0.2, -0.15) is 11.8 Å². The van der Waals surface area contributed by atoms with Crippen molar-refractivity contribution >= 4 is 51.7 Å². The molecule has 1 aliphatic rings. The molecule has 0 spiro atoms. The highest BCUT2D eigenvalue weighted by Crippen LogP contribution is 2.25. The summed E-state index contributed by atoms with van der Waals surface area (Å²) in [4.78, 5) is 4.26. The van der Waals surface area contributed by atoms with Crippen LogP contribution in [0.1, 0.15) is 37.8 Å². The first-order chi connectivity index (χ1) is 12.4. The summed E-state index contributed by atoms with van der Waals surface area (Å²) in [5.41, 5.74) is 1.86. The van der Waals surface area contributed by atoms with E-state index >= 15 is 0 Å². The van der Waals surface area contributed by atoms with E-state index in [-0.39, 0.29) is 35.8 Å². The Morgan fingerprint density at radius 1 is 1.22 bits per heavy atom. The molecule has 0 aromatic heterocycles. The number of nitrogens with zero attached hydrogens (tertiary/aromatic N) is 1. The SMILES string of the molecule is CN=C(NCc1ccc(CS(=O)(=O)NC(C)C)cc1)NCC1CCCS1.I. The summed E-state index contributed by atoms with van der Waals surface area (Å²) in [5, 5.41) is 7.35. The third kappa shape index (κ3) is 9.49. The van der Waals surface area contributed by atoms with Gasteiger partial charge in [0.05, 0.1) is 5.75 Å². The van der Waals surface area contributed by atoms with Gasteiger partial charge >= 0.3 is 0 Å². The van der Waals surface area contributed by atoms with Crippen molar-refractivity contribution in [2.24, 2.45) is 4.99 Å². The molecule has 9 heteroatoms. The Labute approximate surface area is 184 Å². The minimum Gasteiger partial charge on any atom is -0.355 e. The van der Waals surface area contributed by atoms with Gasteiger partial charge in [-0.05, 0) is 43.6 Å². The number of halogens is 1. The van der Waals surface area contributed by atoms with Gasteiger partial charge in [0.25, 0.3) is 0 Å². The lowest BCUT2D eigenvalue weighted by Gasteiger charge is -2.15. The van der Waals surface area contributed by atoms with E-state index in [1.54, 1.807) is 7.05 Å². The Morgan fingerprint density at radius 3 is 2.44 bits per heavy atom. The van der Waals surface area contributed by atoms with E-state index < -0.39 is 10.0 Å². The average molecular weight is 527 g/mol. The van der Waals surface area contributed by atoms with Gasteiger partial charge in [-0.3, -0.25) is 4.99 Å². The Bertz CT molecular complexity index is 688. The molecule has 1 heterocycles. The van der Waals surface area contributed by atoms with Crippen molar-refractivity contribution < 1.29 is 8.42 Å². The molecule has 6 nitrogen and oxygen atoms in total. The molecule has 1 atom stereocenters. The van der Waals surface area contributed by atoms with E-state index in [0.717, 1.165) is 23.6 Å². The van der Waals surface area contributed by atoms with Gasteiger partial charge in [-0.25, -0.2) is 13.1 Å². The Morgan fingerprint density at radius 2 is 1.89 bits per heavy atom. The zero-order valence-corrected chi connectivity index (χ0v) is 20.2. The molecule has 1 aromatic rings. The normalized spacial score (nSPS) is 17.6. The van der Waals surface area contributed by atoms with Gasteiger partial charge < -0.3 is 10.6 Å². The maximum Gasteiger partial charge on any atom is 0.216 e. The molecule has 27 heavy (non-hydrogen) atoms. The highest BCUT2D eigenvalue weighted by Gasteiger charge is 2.15. The van der Waals surface area contributed by atoms with Crippen LogP contribution in [-0.2, 0) is 22.3 Å². The van der Waals surface area contributed by atoms with Crippen LogP contribution in [0.4, 0.5) is 0 Å². The van der Waals surface area contributed by atoms with Gasteiger partial charge in [-0.15, -0.1) is 24.0 Å². The van der Waals surface area contributed by atoms with Crippen molar-refractivity contribution in [2.45, 2.75) is 50.3 Å². The van der Waals surface area contributed by atoms with Crippen LogP contribution in [0.25, 0.3) is 0 Å². The zero-order chi connectivity index (χ0) is 19.0. The molecule has 3 N–H and O–H groups in total. The lowest BCUT2D eigenvalue weighted by molar-refractivity contribution is 0.569. The van der Waals surface area contributed by atoms with E-state index in [0.29, 0.717) is 11.8 Å². The molecular weight excluding hydrogens is 495 g/mol. The lowest BCUT2D eigenvalue weighted by Crippen LogP contribution is -2.39. The lowest BCUT2D eigenvalue weighted by atomic mass is 10.1. The summed E-state index contributed by atoms with van der Waals surface area (Å²) < 4.78 is 26.6. The number of nitrogens with one attached hydrogen (secondary N) is 3. The monoisotopic (exact) mass is 526 g/mol. The highest BCUT2D eigenvalue weighted by atomic mass is 127. The number of hydrogen-bond donors (Lipinski definition) is 3. The second-order valence-corrected chi connectivity index (χ2v) is 9.95. The van der Waals surface area contributed by atoms with Gasteiger partial charge in [0, 0.05) is 31.4 Å². The van der Waals surface area contributed by atoms with Crippen molar-refractivity contribution in [3.8, 4) is 0 Å². The van der Waals surface area contributed by atoms with E-state index in [4.69, 9.17) is 0 Å². The summed E-state index contributed by atoms with van der Waals surface area (Å²) in [6.45, 7) is 5.22. The maximum absolute atomic E-state index is 12.0. The number of guanidine groups is 1. The van der Waals surface area contributed by atoms with E-state index in [1.165, 1.54) is 18.6 Å². The minimum atomic E-state index is -3.29. The van der Waals surface area contributed by atoms with E-state index in [9.17, 15) is 8.42 Å². The average Bonchev–Trinajstić information content (AvgIpc) is 3.08. The first kappa shape index (κ1) is 24.5. The molecule has 0 saturated carbocycles. The van der Waals surface area contributed by atoms with E-state index in [1.807, 2.05) is 49.9 Å². The maximum atomic E-state index is 12.0. The highest BCUT2D eigenvalue weighted by molar-refractivity contribution is 14.0. The number of aliphatic imine (C=N–C) groups is 1. The molecule has 1 aromatic carbocycles. The van der Waals surface area contributed by atoms with Crippen LogP contribution in [-0.4, -0.2) is 45.0 Å². The first-order valence-electron chi connectivity index (χ1n) is 9.02. The molecule has 1 aliphatic heterocycles. The molecule has 154 valence electrons. The van der Waals surface area contributed by atoms with Crippen LogP contribution in [0.5, 0.6) is 0 Å². The molecule has 0 bridgehead atoms. The van der Waals surface area contributed by atoms with Crippen LogP contribution >= 0.6 is 35.7 Å². The topological polar surface area (TPSA) is 82.6 Å². The second kappa shape index (κ2) is 12.1. The van der Waals surface area contributed by atoms with Gasteiger partial charge in [-0.1, -0.05) is 24.3 Å². The standard InChI is InChI=1S/C18H30N4O2S2.HI/c1-14(2)22-26(23,24)13-16-8-6-15(7-9-16)11-20-18(19-3)21-12-17-5-4-10-25-17;/h6-9,14,17,22H,4-5,10-13H2,1-3H3,(H2,19,20,21);1H. The van der Waals surface area contributed by atoms with Gasteiger partial charge in [0.1, 0.15) is 0 Å². The summed E-state index contributed by atoms with van der Waals surface area (Å²) in [7, 11) is -1.52. The summed E-state index contributed by atoms with van der Waals surface area (Å²) in [6.07, 6.45) is 2.57. The minimum absolute atomic E-state index is 0. The number of benzene rings is 1. The molecule has 1 unspecified atom stereocenters. The van der Waals surface area contributed by atoms with Gasteiger partial charge in [0.2, 0.25) is 10.0 Å². The number of hydrogen-bond acceptors (Lipinski definition) is 4. The van der Waals surface area contributed by atoms with Crippen molar-refractivity contribution in [2.75, 3.05) is 19.3 Å². The fourth-order valence-electron chi connectivity index (χ4n) is 2.80. The van der Waals surface area contributed by atoms with E-state index in [2.05, 4.69) is 20.3 Å². The largest absolute Gasteiger partial charge is 0.355 e. The predicted molar refractivity (Wildman–Crippen MR) is 126 cm³/mol. The smallest absolute Gasteiger partial charge is 0.216 e. The fourth-order valence-corrected chi connectivity index (χ4v) is 5.43. The quantitative estimate of drug-likeness (QED) is 0.276. The summed E-state index contributed by atoms with van der Waals surface area (Å²) in [5.74, 6) is 2.05. The number of sulfonamides is 1. The molecule has 0 radical (unpaired) electrons. The van der Waals surface area contributed by atoms with Gasteiger partial charge in [0.15, 0.2) is 5.96 Å². The van der Waals surface area contributed by atoms with Crippen LogP contribution in [0.3, 0.4) is 0 Å². The number of thioether (sulfide) groups is 1. The molecule has 0 amide bonds. The second-order valence-electron chi connectivity index (χ2n) is 6.79. The van der Waals surface area contributed by atoms with Crippen molar-refractivity contribution in [3.05, 3.63) is 35.4 Å². The zero-order valence-electron chi connectivity index (χ0n) is 16.2. The van der Waals surface area contributed by atoms with Crippen molar-refractivity contribution in [1.29, 1.82) is 0 Å². The Hall–Kier alpha value is -0.520. The molecule has 2 rings (SSSR count). The fraction of sp³-hybridized carbons (Fsp3) is 0.611. The van der Waals surface area contributed by atoms with Crippen LogP contribution in [0, 0.1) is 0 Å². The van der Waals surface area contributed by atoms with Crippen molar-refractivity contribution in [1.82, 2.24) is 15.4 Å². The van der Waals surface area contributed by atoms with Crippen LogP contribution in [0.2, 0.25) is 0 Å². The Balaban J connectivity index is 0.00000364. The Kier molecular flexibility index (Phi) is 11.0. The van der Waals surface area contributed by atoms with Crippen molar-refractivity contribution in [3.63, 3.8) is 0 Å². The molecule has 1 fully saturated rings. The van der Waals surface area contributed by atoms with Crippen LogP contribution in [0.15, 0.2) is 29.3 Å². The third-order valence-electron chi connectivity index (χ3n) is 4.00. The molecule has 1 saturated heterocycles. The van der Waals surface area contributed by atoms with Crippen LogP contribution < -0.4 is 15.4 Å². The molecular formula is C18H31IN4O2S2. The summed E-state index contributed by atoms with van der Waals surface area (Å²) >= 11 is 2.02. The summed E-state index contributed by atoms with van der Waals surface area (Å²) in [6, 6.07) is 7.54. The number of rotatable bonds is 8.